The van der Waals surface area contributed by atoms with Gasteiger partial charge in [0.1, 0.15) is 5.84 Å². The predicted octanol–water partition coefficient (Wildman–Crippen LogP) is 1.58. The molecule has 3 N–H and O–H groups in total. The molecule has 0 unspecified atom stereocenters. The Balaban J connectivity index is 1.28. The highest BCUT2D eigenvalue weighted by Crippen LogP contribution is 2.35. The van der Waals surface area contributed by atoms with E-state index in [0.29, 0.717) is 50.8 Å². The number of fused-ring (bicyclic) bond motifs is 1. The molecule has 6 rings (SSSR count). The number of aliphatic imine (C=N–C) groups is 2. The van der Waals surface area contributed by atoms with Crippen molar-refractivity contribution in [1.82, 2.24) is 24.7 Å². The molecular weight excluding hydrogens is 528 g/mol. The zero-order chi connectivity index (χ0) is 27.5. The van der Waals surface area contributed by atoms with E-state index in [2.05, 4.69) is 25.8 Å². The van der Waals surface area contributed by atoms with Gasteiger partial charge in [0, 0.05) is 68.6 Å². The summed E-state index contributed by atoms with van der Waals surface area (Å²) in [5.41, 5.74) is 9.19. The summed E-state index contributed by atoms with van der Waals surface area (Å²) >= 11 is 1.67. The van der Waals surface area contributed by atoms with E-state index in [0.717, 1.165) is 58.5 Å². The number of aliphatic hydroxyl groups is 1. The van der Waals surface area contributed by atoms with Gasteiger partial charge in [-0.2, -0.15) is 0 Å². The van der Waals surface area contributed by atoms with Gasteiger partial charge in [-0.3, -0.25) is 14.7 Å². The van der Waals surface area contributed by atoms with Crippen molar-refractivity contribution >= 4 is 34.9 Å². The van der Waals surface area contributed by atoms with Gasteiger partial charge in [-0.05, 0) is 29.3 Å². The lowest BCUT2D eigenvalue weighted by Gasteiger charge is -2.34. The Hall–Kier alpha value is -3.71. The number of nitrogens with two attached hydrogens (primary N) is 1. The van der Waals surface area contributed by atoms with E-state index in [1.165, 1.54) is 0 Å². The predicted molar refractivity (Wildman–Crippen MR) is 155 cm³/mol. The van der Waals surface area contributed by atoms with Crippen molar-refractivity contribution in [2.24, 2.45) is 9.98 Å². The number of aliphatic hydroxyl groups excluding tert-OH is 1. The summed E-state index contributed by atoms with van der Waals surface area (Å²) in [7, 11) is 0. The molecule has 1 aromatic carbocycles. The third-order valence-corrected chi connectivity index (χ3v) is 8.56. The normalized spacial score (nSPS) is 18.1. The molecule has 0 atom stereocenters. The zero-order valence-corrected chi connectivity index (χ0v) is 23.0. The maximum absolute atomic E-state index is 13.3. The molecule has 0 spiro atoms. The molecule has 0 bridgehead atoms. The van der Waals surface area contributed by atoms with Crippen molar-refractivity contribution in [2.45, 2.75) is 6.54 Å². The van der Waals surface area contributed by atoms with Gasteiger partial charge in [0.15, 0.2) is 5.84 Å². The third-order valence-electron chi connectivity index (χ3n) is 7.33. The van der Waals surface area contributed by atoms with Crippen LogP contribution in [0.25, 0.3) is 10.4 Å². The van der Waals surface area contributed by atoms with Crippen LogP contribution in [0.5, 0.6) is 0 Å². The summed E-state index contributed by atoms with van der Waals surface area (Å²) in [6, 6.07) is 10.0. The van der Waals surface area contributed by atoms with Gasteiger partial charge in [-0.15, -0.1) is 11.3 Å². The molecule has 40 heavy (non-hydrogen) atoms. The lowest BCUT2D eigenvalue weighted by Crippen LogP contribution is -2.49. The highest BCUT2D eigenvalue weighted by Gasteiger charge is 2.26. The number of nitrogen functional groups attached to an aromatic ring is 1. The number of carbonyl (C=O) groups excluding carboxylic acids is 1. The van der Waals surface area contributed by atoms with Crippen molar-refractivity contribution in [3.8, 4) is 10.4 Å². The fraction of sp³-hybridized carbons (Fsp3) is 0.393. The second-order valence-electron chi connectivity index (χ2n) is 9.91. The number of amidine groups is 2. The van der Waals surface area contributed by atoms with Crippen molar-refractivity contribution < 1.29 is 14.6 Å². The molecular formula is C28H32N8O3S. The van der Waals surface area contributed by atoms with Gasteiger partial charge in [0.25, 0.3) is 5.91 Å². The lowest BCUT2D eigenvalue weighted by molar-refractivity contribution is 0.0615. The first-order valence-corrected chi connectivity index (χ1v) is 14.3. The molecule has 3 aromatic rings. The average molecular weight is 561 g/mol. The number of aromatic nitrogens is 2. The quantitative estimate of drug-likeness (QED) is 0.481. The summed E-state index contributed by atoms with van der Waals surface area (Å²) in [5.74, 6) is 1.71. The number of piperazine rings is 1. The van der Waals surface area contributed by atoms with Crippen LogP contribution in [-0.2, 0) is 11.3 Å². The van der Waals surface area contributed by atoms with E-state index >= 15 is 0 Å². The first kappa shape index (κ1) is 26.5. The standard InChI is InChI=1S/C28H32N8O3S/c29-28-31-17-22(18-32-28)25-30-16-21-15-23(40-24(21)26(33-25)35-9-12-39-13-10-35)19-2-1-3-20(14-19)27(38)36-6-4-34(5-7-36)8-11-37/h1-3,14-15,17-18,37H,4-13,16H2,(H2,29,31,32). The molecule has 0 saturated carbocycles. The van der Waals surface area contributed by atoms with E-state index in [4.69, 9.17) is 20.5 Å². The minimum Gasteiger partial charge on any atom is -0.395 e. The molecule has 0 radical (unpaired) electrons. The van der Waals surface area contributed by atoms with Crippen molar-refractivity contribution in [3.63, 3.8) is 0 Å². The van der Waals surface area contributed by atoms with Gasteiger partial charge >= 0.3 is 0 Å². The molecule has 0 aliphatic carbocycles. The monoisotopic (exact) mass is 560 g/mol. The number of nitrogens with zero attached hydrogens (tertiary/aromatic N) is 7. The molecule has 2 saturated heterocycles. The molecule has 3 aliphatic rings. The van der Waals surface area contributed by atoms with Crippen molar-refractivity contribution in [1.29, 1.82) is 0 Å². The summed E-state index contributed by atoms with van der Waals surface area (Å²) in [6.45, 7) is 6.90. The SMILES string of the molecule is Nc1ncc(C2=NCc3cc(-c4cccc(C(=O)N5CCN(CCO)CC5)c4)sc3C(N3CCOCC3)=N2)cn1. The summed E-state index contributed by atoms with van der Waals surface area (Å²) < 4.78 is 5.61. The maximum atomic E-state index is 13.3. The van der Waals surface area contributed by atoms with Gasteiger partial charge < -0.3 is 25.4 Å². The number of anilines is 1. The molecule has 3 aliphatic heterocycles. The van der Waals surface area contributed by atoms with Gasteiger partial charge in [-0.1, -0.05) is 12.1 Å². The fourth-order valence-corrected chi connectivity index (χ4v) is 6.31. The van der Waals surface area contributed by atoms with Crippen molar-refractivity contribution in [2.75, 3.05) is 71.4 Å². The van der Waals surface area contributed by atoms with E-state index in [1.54, 1.807) is 23.7 Å². The van der Waals surface area contributed by atoms with Crippen LogP contribution in [0.1, 0.15) is 26.4 Å². The van der Waals surface area contributed by atoms with Crippen LogP contribution < -0.4 is 5.73 Å². The highest BCUT2D eigenvalue weighted by atomic mass is 32.1. The largest absolute Gasteiger partial charge is 0.395 e. The molecule has 1 amide bonds. The van der Waals surface area contributed by atoms with Crippen LogP contribution in [0.4, 0.5) is 5.95 Å². The van der Waals surface area contributed by atoms with Crippen molar-refractivity contribution in [3.05, 3.63) is 64.3 Å². The first-order chi connectivity index (χ1) is 19.6. The number of β-amino-alcohol motifs (C(OH)–C–C–N with tert-alkyl or cyclic N) is 1. The average Bonchev–Trinajstić information content (AvgIpc) is 3.34. The van der Waals surface area contributed by atoms with E-state index in [1.807, 2.05) is 29.2 Å². The summed E-state index contributed by atoms with van der Waals surface area (Å²) in [6.07, 6.45) is 3.31. The Labute approximate surface area is 236 Å². The number of carbonyl (C=O) groups is 1. The number of rotatable bonds is 5. The number of hydrogen-bond acceptors (Lipinski definition) is 11. The Morgan fingerprint density at radius 1 is 1.02 bits per heavy atom. The minimum atomic E-state index is 0.0409. The maximum Gasteiger partial charge on any atom is 0.253 e. The Bertz CT molecular complexity index is 1420. The Morgan fingerprint density at radius 3 is 2.55 bits per heavy atom. The number of hydrogen-bond donors (Lipinski definition) is 2. The van der Waals surface area contributed by atoms with E-state index < -0.39 is 0 Å². The second-order valence-corrected chi connectivity index (χ2v) is 11.0. The van der Waals surface area contributed by atoms with Gasteiger partial charge in [0.05, 0.1) is 36.8 Å². The van der Waals surface area contributed by atoms with E-state index in [-0.39, 0.29) is 18.5 Å². The molecule has 208 valence electrons. The lowest BCUT2D eigenvalue weighted by atomic mass is 10.1. The Morgan fingerprint density at radius 2 is 1.80 bits per heavy atom. The molecule has 12 heteroatoms. The van der Waals surface area contributed by atoms with Crippen LogP contribution in [0.3, 0.4) is 0 Å². The first-order valence-electron chi connectivity index (χ1n) is 13.5. The summed E-state index contributed by atoms with van der Waals surface area (Å²) in [5, 5.41) is 9.20. The van der Waals surface area contributed by atoms with Crippen LogP contribution in [0.15, 0.2) is 52.7 Å². The second kappa shape index (κ2) is 11.8. The number of amides is 1. The summed E-state index contributed by atoms with van der Waals surface area (Å²) in [4.78, 5) is 39.9. The van der Waals surface area contributed by atoms with Crippen LogP contribution in [0.2, 0.25) is 0 Å². The number of ether oxygens (including phenoxy) is 1. The molecule has 2 fully saturated rings. The topological polar surface area (TPSA) is 133 Å². The number of thiophene rings is 1. The van der Waals surface area contributed by atoms with Gasteiger partial charge in [-0.25, -0.2) is 15.0 Å². The number of benzene rings is 1. The van der Waals surface area contributed by atoms with Crippen LogP contribution in [0, 0.1) is 0 Å². The molecule has 5 heterocycles. The van der Waals surface area contributed by atoms with Crippen LogP contribution in [-0.4, -0.2) is 113 Å². The molecule has 2 aromatic heterocycles. The Kier molecular flexibility index (Phi) is 7.82. The van der Waals surface area contributed by atoms with Gasteiger partial charge in [0.2, 0.25) is 5.95 Å². The smallest absolute Gasteiger partial charge is 0.253 e. The third kappa shape index (κ3) is 5.61. The molecule has 11 nitrogen and oxygen atoms in total. The highest BCUT2D eigenvalue weighted by molar-refractivity contribution is 7.17. The van der Waals surface area contributed by atoms with Crippen LogP contribution >= 0.6 is 11.3 Å². The minimum absolute atomic E-state index is 0.0409. The zero-order valence-electron chi connectivity index (χ0n) is 22.2. The number of morpholine rings is 1. The fourth-order valence-electron chi connectivity index (χ4n) is 5.13. The van der Waals surface area contributed by atoms with E-state index in [9.17, 15) is 9.90 Å².